The molecule has 0 saturated carbocycles. The summed E-state index contributed by atoms with van der Waals surface area (Å²) >= 11 is 0. The lowest BCUT2D eigenvalue weighted by Crippen LogP contribution is -2.15. The average Bonchev–Trinajstić information content (AvgIpc) is 2.97. The van der Waals surface area contributed by atoms with Gasteiger partial charge in [-0.3, -0.25) is 4.79 Å². The van der Waals surface area contributed by atoms with Gasteiger partial charge in [0.15, 0.2) is 0 Å². The van der Waals surface area contributed by atoms with Crippen molar-refractivity contribution in [3.05, 3.63) is 65.4 Å². The fourth-order valence-corrected chi connectivity index (χ4v) is 2.59. The van der Waals surface area contributed by atoms with Crippen LogP contribution in [0, 0.1) is 6.92 Å². The summed E-state index contributed by atoms with van der Waals surface area (Å²) in [6, 6.07) is 12.8. The first kappa shape index (κ1) is 17.3. The van der Waals surface area contributed by atoms with Gasteiger partial charge in [-0.15, -0.1) is 0 Å². The van der Waals surface area contributed by atoms with Crippen molar-refractivity contribution >= 4 is 23.1 Å². The van der Waals surface area contributed by atoms with E-state index in [2.05, 4.69) is 10.4 Å². The van der Waals surface area contributed by atoms with Crippen molar-refractivity contribution in [1.29, 1.82) is 0 Å². The van der Waals surface area contributed by atoms with Gasteiger partial charge in [0.25, 0.3) is 5.91 Å². The topological polar surface area (TPSA) is 108 Å². The van der Waals surface area contributed by atoms with Crippen LogP contribution < -0.4 is 21.5 Å². The standard InChI is InChI=1S/C19H21N5O2/c1-12-3-6-14(20)9-16(12)19(25)23-17-10-22-24(18(17)21)11-13-4-7-15(26-2)8-5-13/h3-10H,11,20-21H2,1-2H3,(H,23,25). The third kappa shape index (κ3) is 3.61. The second-order valence-corrected chi connectivity index (χ2v) is 5.98. The lowest BCUT2D eigenvalue weighted by atomic mass is 10.1. The van der Waals surface area contributed by atoms with E-state index in [0.29, 0.717) is 29.3 Å². The molecule has 0 unspecified atom stereocenters. The third-order valence-corrected chi connectivity index (χ3v) is 4.13. The van der Waals surface area contributed by atoms with Gasteiger partial charge in [0.1, 0.15) is 17.3 Å². The number of methoxy groups -OCH3 is 1. The Morgan fingerprint density at radius 3 is 2.62 bits per heavy atom. The van der Waals surface area contributed by atoms with Crippen LogP contribution in [0.4, 0.5) is 17.2 Å². The average molecular weight is 351 g/mol. The van der Waals surface area contributed by atoms with Crippen molar-refractivity contribution in [2.75, 3.05) is 23.9 Å². The zero-order valence-electron chi connectivity index (χ0n) is 14.7. The molecule has 0 fully saturated rings. The molecule has 0 aliphatic carbocycles. The number of nitrogen functional groups attached to an aromatic ring is 2. The number of carbonyl (C=O) groups excluding carboxylic acids is 1. The van der Waals surface area contributed by atoms with Crippen molar-refractivity contribution in [2.45, 2.75) is 13.5 Å². The number of nitrogens with one attached hydrogen (secondary N) is 1. The van der Waals surface area contributed by atoms with Crippen LogP contribution in [0.15, 0.2) is 48.7 Å². The van der Waals surface area contributed by atoms with Crippen molar-refractivity contribution in [3.63, 3.8) is 0 Å². The molecule has 1 heterocycles. The van der Waals surface area contributed by atoms with E-state index in [-0.39, 0.29) is 5.91 Å². The molecule has 26 heavy (non-hydrogen) atoms. The summed E-state index contributed by atoms with van der Waals surface area (Å²) < 4.78 is 6.78. The van der Waals surface area contributed by atoms with Crippen molar-refractivity contribution in [3.8, 4) is 5.75 Å². The molecular weight excluding hydrogens is 330 g/mol. The molecule has 5 N–H and O–H groups in total. The van der Waals surface area contributed by atoms with E-state index in [1.165, 1.54) is 0 Å². The van der Waals surface area contributed by atoms with E-state index in [0.717, 1.165) is 16.9 Å². The maximum atomic E-state index is 12.5. The first-order valence-corrected chi connectivity index (χ1v) is 8.09. The number of benzene rings is 2. The number of aryl methyl sites for hydroxylation is 1. The smallest absolute Gasteiger partial charge is 0.256 e. The molecule has 0 saturated heterocycles. The molecule has 0 aliphatic heterocycles. The second-order valence-electron chi connectivity index (χ2n) is 5.98. The highest BCUT2D eigenvalue weighted by molar-refractivity contribution is 6.06. The summed E-state index contributed by atoms with van der Waals surface area (Å²) in [6.45, 7) is 2.34. The third-order valence-electron chi connectivity index (χ3n) is 4.13. The molecular formula is C19H21N5O2. The van der Waals surface area contributed by atoms with E-state index in [1.807, 2.05) is 31.2 Å². The number of carbonyl (C=O) groups is 1. The highest BCUT2D eigenvalue weighted by Crippen LogP contribution is 2.22. The number of nitrogens with two attached hydrogens (primary N) is 2. The summed E-state index contributed by atoms with van der Waals surface area (Å²) in [4.78, 5) is 12.5. The minimum absolute atomic E-state index is 0.273. The summed E-state index contributed by atoms with van der Waals surface area (Å²) in [5.74, 6) is 0.897. The fourth-order valence-electron chi connectivity index (χ4n) is 2.59. The SMILES string of the molecule is COc1ccc(Cn2ncc(NC(=O)c3cc(N)ccc3C)c2N)cc1. The van der Waals surface area contributed by atoms with Crippen LogP contribution in [0.25, 0.3) is 0 Å². The van der Waals surface area contributed by atoms with Gasteiger partial charge in [-0.2, -0.15) is 5.10 Å². The Bertz CT molecular complexity index is 932. The van der Waals surface area contributed by atoms with E-state index < -0.39 is 0 Å². The monoisotopic (exact) mass is 351 g/mol. The molecule has 0 spiro atoms. The van der Waals surface area contributed by atoms with E-state index in [4.69, 9.17) is 16.2 Å². The molecule has 7 nitrogen and oxygen atoms in total. The van der Waals surface area contributed by atoms with Crippen LogP contribution in [0.3, 0.4) is 0 Å². The van der Waals surface area contributed by atoms with Gasteiger partial charge >= 0.3 is 0 Å². The van der Waals surface area contributed by atoms with Gasteiger partial charge in [0.05, 0.1) is 19.9 Å². The van der Waals surface area contributed by atoms with Crippen molar-refractivity contribution in [2.24, 2.45) is 0 Å². The summed E-state index contributed by atoms with van der Waals surface area (Å²) in [7, 11) is 1.62. The summed E-state index contributed by atoms with van der Waals surface area (Å²) in [6.07, 6.45) is 1.54. The minimum atomic E-state index is -0.273. The maximum Gasteiger partial charge on any atom is 0.256 e. The Morgan fingerprint density at radius 2 is 1.92 bits per heavy atom. The van der Waals surface area contributed by atoms with Gasteiger partial charge in [-0.1, -0.05) is 18.2 Å². The van der Waals surface area contributed by atoms with E-state index >= 15 is 0 Å². The van der Waals surface area contributed by atoms with Gasteiger partial charge in [-0.05, 0) is 42.3 Å². The number of hydrogen-bond acceptors (Lipinski definition) is 5. The largest absolute Gasteiger partial charge is 0.497 e. The number of rotatable bonds is 5. The van der Waals surface area contributed by atoms with Crippen molar-refractivity contribution in [1.82, 2.24) is 9.78 Å². The van der Waals surface area contributed by atoms with Crippen LogP contribution in [0.5, 0.6) is 5.75 Å². The Hall–Kier alpha value is -3.48. The zero-order valence-corrected chi connectivity index (χ0v) is 14.7. The molecule has 3 rings (SSSR count). The first-order valence-electron chi connectivity index (χ1n) is 8.09. The molecule has 134 valence electrons. The number of hydrogen-bond donors (Lipinski definition) is 3. The van der Waals surface area contributed by atoms with Gasteiger partial charge in [-0.25, -0.2) is 4.68 Å². The number of anilines is 3. The molecule has 2 aromatic carbocycles. The zero-order chi connectivity index (χ0) is 18.7. The predicted octanol–water partition coefficient (Wildman–Crippen LogP) is 2.67. The fraction of sp³-hybridized carbons (Fsp3) is 0.158. The molecule has 3 aromatic rings. The highest BCUT2D eigenvalue weighted by Gasteiger charge is 2.14. The second kappa shape index (κ2) is 7.18. The van der Waals surface area contributed by atoms with Crippen LogP contribution in [-0.4, -0.2) is 22.8 Å². The summed E-state index contributed by atoms with van der Waals surface area (Å²) in [5, 5.41) is 7.06. The predicted molar refractivity (Wildman–Crippen MR) is 102 cm³/mol. The van der Waals surface area contributed by atoms with Gasteiger partial charge in [0.2, 0.25) is 0 Å². The molecule has 7 heteroatoms. The van der Waals surface area contributed by atoms with Gasteiger partial charge < -0.3 is 21.5 Å². The molecule has 0 radical (unpaired) electrons. The number of aromatic nitrogens is 2. The maximum absolute atomic E-state index is 12.5. The lowest BCUT2D eigenvalue weighted by molar-refractivity contribution is 0.102. The lowest BCUT2D eigenvalue weighted by Gasteiger charge is -2.09. The summed E-state index contributed by atoms with van der Waals surface area (Å²) in [5.41, 5.74) is 15.3. The van der Waals surface area contributed by atoms with Crippen LogP contribution in [0.1, 0.15) is 21.5 Å². The molecule has 1 amide bonds. The van der Waals surface area contributed by atoms with Crippen LogP contribution in [-0.2, 0) is 6.54 Å². The number of ether oxygens (including phenoxy) is 1. The highest BCUT2D eigenvalue weighted by atomic mass is 16.5. The number of amides is 1. The Balaban J connectivity index is 1.76. The Morgan fingerprint density at radius 1 is 1.19 bits per heavy atom. The van der Waals surface area contributed by atoms with Gasteiger partial charge in [0, 0.05) is 11.3 Å². The van der Waals surface area contributed by atoms with E-state index in [9.17, 15) is 4.79 Å². The normalized spacial score (nSPS) is 10.5. The molecule has 1 aromatic heterocycles. The number of nitrogens with zero attached hydrogens (tertiary/aromatic N) is 2. The van der Waals surface area contributed by atoms with Crippen LogP contribution in [0.2, 0.25) is 0 Å². The van der Waals surface area contributed by atoms with Crippen molar-refractivity contribution < 1.29 is 9.53 Å². The Kier molecular flexibility index (Phi) is 4.79. The van der Waals surface area contributed by atoms with E-state index in [1.54, 1.807) is 36.2 Å². The quantitative estimate of drug-likeness (QED) is 0.613. The minimum Gasteiger partial charge on any atom is -0.497 e. The Labute approximate surface area is 151 Å². The first-order chi connectivity index (χ1) is 12.5. The molecule has 0 bridgehead atoms. The molecule has 0 atom stereocenters. The molecule has 0 aliphatic rings. The van der Waals surface area contributed by atoms with Crippen LogP contribution >= 0.6 is 0 Å².